The van der Waals surface area contributed by atoms with Gasteiger partial charge < -0.3 is 15.5 Å². The molecular formula is C21H23ClFN3O2. The van der Waals surface area contributed by atoms with Crippen LogP contribution in [0, 0.1) is 17.7 Å². The van der Waals surface area contributed by atoms with Crippen LogP contribution in [-0.2, 0) is 4.79 Å². The molecule has 1 aliphatic rings. The number of nitrogens with one attached hydrogen (secondary N) is 2. The third-order valence-electron chi connectivity index (χ3n) is 5.15. The van der Waals surface area contributed by atoms with E-state index in [0.29, 0.717) is 29.5 Å². The maximum atomic E-state index is 13.0. The summed E-state index contributed by atoms with van der Waals surface area (Å²) in [6.45, 7) is 3.09. The second-order valence-corrected chi connectivity index (χ2v) is 7.48. The number of likely N-dealkylation sites (tertiary alicyclic amines) is 1. The van der Waals surface area contributed by atoms with Gasteiger partial charge in [-0.1, -0.05) is 18.5 Å². The highest BCUT2D eigenvalue weighted by Crippen LogP contribution is 2.26. The molecule has 0 spiro atoms. The Morgan fingerprint density at radius 3 is 2.14 bits per heavy atom. The van der Waals surface area contributed by atoms with Crippen molar-refractivity contribution in [1.29, 1.82) is 0 Å². The third kappa shape index (κ3) is 5.23. The first-order valence-electron chi connectivity index (χ1n) is 9.30. The highest BCUT2D eigenvalue weighted by Gasteiger charge is 2.30. The third-order valence-corrected chi connectivity index (χ3v) is 5.41. The predicted octanol–water partition coefficient (Wildman–Crippen LogP) is 5.00. The summed E-state index contributed by atoms with van der Waals surface area (Å²) >= 11 is 5.85. The fraction of sp³-hybridized carbons (Fsp3) is 0.333. The van der Waals surface area contributed by atoms with E-state index in [-0.39, 0.29) is 29.6 Å². The zero-order valence-corrected chi connectivity index (χ0v) is 16.4. The average Bonchev–Trinajstić information content (AvgIpc) is 2.71. The maximum Gasteiger partial charge on any atom is 0.321 e. The van der Waals surface area contributed by atoms with E-state index in [9.17, 15) is 14.0 Å². The Hall–Kier alpha value is -2.60. The Morgan fingerprint density at radius 2 is 1.54 bits per heavy atom. The first kappa shape index (κ1) is 20.1. The Kier molecular flexibility index (Phi) is 6.52. The van der Waals surface area contributed by atoms with E-state index in [0.717, 1.165) is 12.8 Å². The number of carbonyl (C=O) groups excluding carboxylic acids is 2. The lowest BCUT2D eigenvalue weighted by atomic mass is 9.85. The highest BCUT2D eigenvalue weighted by molar-refractivity contribution is 6.30. The van der Waals surface area contributed by atoms with Crippen LogP contribution in [0.25, 0.3) is 0 Å². The molecule has 1 fully saturated rings. The average molecular weight is 404 g/mol. The SMILES string of the molecule is CC(C(=O)Nc1ccc(F)cc1)C1CCN(C(=O)Nc2ccc(Cl)cc2)CC1. The van der Waals surface area contributed by atoms with E-state index < -0.39 is 0 Å². The first-order chi connectivity index (χ1) is 13.4. The van der Waals surface area contributed by atoms with Crippen molar-refractivity contribution in [3.63, 3.8) is 0 Å². The van der Waals surface area contributed by atoms with Crippen molar-refractivity contribution >= 4 is 34.9 Å². The molecule has 0 radical (unpaired) electrons. The molecule has 1 heterocycles. The van der Waals surface area contributed by atoms with Gasteiger partial charge in [-0.05, 0) is 67.3 Å². The van der Waals surface area contributed by atoms with Gasteiger partial charge in [0.2, 0.25) is 5.91 Å². The van der Waals surface area contributed by atoms with Crippen molar-refractivity contribution in [3.8, 4) is 0 Å². The summed E-state index contributed by atoms with van der Waals surface area (Å²) in [6.07, 6.45) is 1.51. The maximum absolute atomic E-state index is 13.0. The fourth-order valence-electron chi connectivity index (χ4n) is 3.34. The first-order valence-corrected chi connectivity index (χ1v) is 9.68. The Morgan fingerprint density at radius 1 is 1.00 bits per heavy atom. The van der Waals surface area contributed by atoms with Gasteiger partial charge in [0.25, 0.3) is 0 Å². The minimum Gasteiger partial charge on any atom is -0.326 e. The quantitative estimate of drug-likeness (QED) is 0.754. The number of piperidine rings is 1. The molecule has 0 bridgehead atoms. The number of nitrogens with zero attached hydrogens (tertiary/aromatic N) is 1. The van der Waals surface area contributed by atoms with Crippen molar-refractivity contribution < 1.29 is 14.0 Å². The number of anilines is 2. The van der Waals surface area contributed by atoms with E-state index in [2.05, 4.69) is 10.6 Å². The Labute approximate surface area is 168 Å². The van der Waals surface area contributed by atoms with Gasteiger partial charge in [0.15, 0.2) is 0 Å². The largest absolute Gasteiger partial charge is 0.326 e. The summed E-state index contributed by atoms with van der Waals surface area (Å²) in [5, 5.41) is 6.31. The van der Waals surface area contributed by atoms with Crippen molar-refractivity contribution in [2.45, 2.75) is 19.8 Å². The second kappa shape index (κ2) is 9.06. The molecule has 0 saturated carbocycles. The van der Waals surface area contributed by atoms with Crippen LogP contribution in [0.15, 0.2) is 48.5 Å². The van der Waals surface area contributed by atoms with Crippen LogP contribution in [0.1, 0.15) is 19.8 Å². The standard InChI is InChI=1S/C21H23ClFN3O2/c1-14(20(27)24-18-8-4-17(23)5-9-18)15-10-12-26(13-11-15)21(28)25-19-6-2-16(22)3-7-19/h2-9,14-15H,10-13H2,1H3,(H,24,27)(H,25,28). The Bertz CT molecular complexity index is 819. The van der Waals surface area contributed by atoms with Crippen molar-refractivity contribution in [2.75, 3.05) is 23.7 Å². The number of amides is 3. The van der Waals surface area contributed by atoms with Gasteiger partial charge in [0.1, 0.15) is 5.82 Å². The molecule has 2 aromatic rings. The molecule has 1 atom stereocenters. The number of hydrogen-bond donors (Lipinski definition) is 2. The minimum atomic E-state index is -0.338. The fourth-order valence-corrected chi connectivity index (χ4v) is 3.47. The molecule has 3 amide bonds. The molecule has 7 heteroatoms. The summed E-state index contributed by atoms with van der Waals surface area (Å²) in [5.74, 6) is -0.419. The van der Waals surface area contributed by atoms with Crippen molar-refractivity contribution in [3.05, 3.63) is 59.4 Å². The van der Waals surface area contributed by atoms with Crippen LogP contribution < -0.4 is 10.6 Å². The molecule has 148 valence electrons. The van der Waals surface area contributed by atoms with Gasteiger partial charge in [-0.15, -0.1) is 0 Å². The smallest absolute Gasteiger partial charge is 0.321 e. The number of rotatable bonds is 4. The summed E-state index contributed by atoms with van der Waals surface area (Å²) in [5.41, 5.74) is 1.28. The molecule has 28 heavy (non-hydrogen) atoms. The van der Waals surface area contributed by atoms with Crippen LogP contribution in [0.5, 0.6) is 0 Å². The van der Waals surface area contributed by atoms with Gasteiger partial charge in [-0.3, -0.25) is 4.79 Å². The summed E-state index contributed by atoms with van der Waals surface area (Å²) < 4.78 is 13.0. The van der Waals surface area contributed by atoms with E-state index in [1.54, 1.807) is 41.3 Å². The van der Waals surface area contributed by atoms with Crippen molar-refractivity contribution in [2.24, 2.45) is 11.8 Å². The number of benzene rings is 2. The monoisotopic (exact) mass is 403 g/mol. The van der Waals surface area contributed by atoms with Gasteiger partial charge >= 0.3 is 6.03 Å². The molecule has 0 aromatic heterocycles. The minimum absolute atomic E-state index is 0.0873. The van der Waals surface area contributed by atoms with E-state index in [1.165, 1.54) is 12.1 Å². The second-order valence-electron chi connectivity index (χ2n) is 7.05. The number of carbonyl (C=O) groups is 2. The molecule has 1 aliphatic heterocycles. The predicted molar refractivity (Wildman–Crippen MR) is 109 cm³/mol. The number of hydrogen-bond acceptors (Lipinski definition) is 2. The summed E-state index contributed by atoms with van der Waals surface area (Å²) in [7, 11) is 0. The van der Waals surface area contributed by atoms with Crippen LogP contribution in [0.4, 0.5) is 20.6 Å². The van der Waals surface area contributed by atoms with Crippen LogP contribution >= 0.6 is 11.6 Å². The topological polar surface area (TPSA) is 61.4 Å². The lowest BCUT2D eigenvalue weighted by Gasteiger charge is -2.34. The van der Waals surface area contributed by atoms with Crippen LogP contribution in [0.2, 0.25) is 5.02 Å². The molecule has 5 nitrogen and oxygen atoms in total. The number of urea groups is 1. The zero-order valence-electron chi connectivity index (χ0n) is 15.6. The molecule has 2 aromatic carbocycles. The molecule has 2 N–H and O–H groups in total. The summed E-state index contributed by atoms with van der Waals surface area (Å²) in [6, 6.07) is 12.5. The van der Waals surface area contributed by atoms with Gasteiger partial charge in [-0.25, -0.2) is 9.18 Å². The van der Waals surface area contributed by atoms with E-state index >= 15 is 0 Å². The normalized spacial score (nSPS) is 15.8. The molecule has 1 unspecified atom stereocenters. The molecule has 0 aliphatic carbocycles. The lowest BCUT2D eigenvalue weighted by molar-refractivity contribution is -0.121. The van der Waals surface area contributed by atoms with Gasteiger partial charge in [0, 0.05) is 35.4 Å². The number of halogens is 2. The van der Waals surface area contributed by atoms with Gasteiger partial charge in [-0.2, -0.15) is 0 Å². The van der Waals surface area contributed by atoms with Crippen molar-refractivity contribution in [1.82, 2.24) is 4.90 Å². The van der Waals surface area contributed by atoms with Crippen LogP contribution in [0.3, 0.4) is 0 Å². The van der Waals surface area contributed by atoms with Crippen LogP contribution in [-0.4, -0.2) is 29.9 Å². The molecule has 3 rings (SSSR count). The van der Waals surface area contributed by atoms with E-state index in [1.807, 2.05) is 6.92 Å². The highest BCUT2D eigenvalue weighted by atomic mass is 35.5. The van der Waals surface area contributed by atoms with Gasteiger partial charge in [0.05, 0.1) is 0 Å². The molecular weight excluding hydrogens is 381 g/mol. The molecule has 1 saturated heterocycles. The Balaban J connectivity index is 1.48. The summed E-state index contributed by atoms with van der Waals surface area (Å²) in [4.78, 5) is 26.6. The lowest BCUT2D eigenvalue weighted by Crippen LogP contribution is -2.43. The van der Waals surface area contributed by atoms with E-state index in [4.69, 9.17) is 11.6 Å². The zero-order chi connectivity index (χ0) is 20.1.